The van der Waals surface area contributed by atoms with Crippen molar-refractivity contribution < 1.29 is 9.21 Å². The smallest absolute Gasteiger partial charge is 0.225 e. The Morgan fingerprint density at radius 3 is 2.85 bits per heavy atom. The minimum atomic E-state index is 0.345. The fourth-order valence-corrected chi connectivity index (χ4v) is 3.05. The first-order valence-electron chi connectivity index (χ1n) is 7.70. The molecule has 1 saturated carbocycles. The van der Waals surface area contributed by atoms with Crippen LogP contribution in [-0.2, 0) is 11.3 Å². The minimum Gasteiger partial charge on any atom is -0.468 e. The lowest BCUT2D eigenvalue weighted by Crippen LogP contribution is -2.50. The molecule has 1 aliphatic heterocycles. The maximum Gasteiger partial charge on any atom is 0.225 e. The summed E-state index contributed by atoms with van der Waals surface area (Å²) in [5, 5.41) is 3.59. The molecule has 2 aliphatic rings. The Kier molecular flexibility index (Phi) is 3.83. The SMILES string of the molecule is Cc1ccoc1CN[C@@H]1CCN(C(=O)C2CC2)C[C@H]1C. The lowest BCUT2D eigenvalue weighted by Gasteiger charge is -2.37. The van der Waals surface area contributed by atoms with Crippen molar-refractivity contribution in [3.8, 4) is 0 Å². The standard InChI is InChI=1S/C16H24N2O2/c1-11-6-8-20-15(11)9-17-14-5-7-18(10-12(14)2)16(19)13-3-4-13/h6,8,12-14,17H,3-5,7,9-10H2,1-2H3/t12-,14-/m1/s1. The number of carbonyl (C=O) groups is 1. The van der Waals surface area contributed by atoms with Gasteiger partial charge in [0.2, 0.25) is 5.91 Å². The largest absolute Gasteiger partial charge is 0.468 e. The molecule has 1 aromatic rings. The molecular weight excluding hydrogens is 252 g/mol. The van der Waals surface area contributed by atoms with Gasteiger partial charge in [0.25, 0.3) is 0 Å². The van der Waals surface area contributed by atoms with Gasteiger partial charge in [-0.3, -0.25) is 4.79 Å². The van der Waals surface area contributed by atoms with Gasteiger partial charge in [-0.25, -0.2) is 0 Å². The van der Waals surface area contributed by atoms with Crippen LogP contribution in [0.3, 0.4) is 0 Å². The molecule has 0 spiro atoms. The third kappa shape index (κ3) is 2.90. The molecule has 2 atom stereocenters. The van der Waals surface area contributed by atoms with E-state index >= 15 is 0 Å². The molecule has 20 heavy (non-hydrogen) atoms. The monoisotopic (exact) mass is 276 g/mol. The first-order valence-corrected chi connectivity index (χ1v) is 7.70. The lowest BCUT2D eigenvalue weighted by atomic mass is 9.93. The molecule has 1 aromatic heterocycles. The van der Waals surface area contributed by atoms with Crippen LogP contribution in [0, 0.1) is 18.8 Å². The van der Waals surface area contributed by atoms with Gasteiger partial charge >= 0.3 is 0 Å². The fraction of sp³-hybridized carbons (Fsp3) is 0.688. The zero-order chi connectivity index (χ0) is 14.1. The molecule has 1 saturated heterocycles. The number of aryl methyl sites for hydroxylation is 1. The first kappa shape index (κ1) is 13.7. The summed E-state index contributed by atoms with van der Waals surface area (Å²) in [5.74, 6) is 2.25. The van der Waals surface area contributed by atoms with Gasteiger partial charge in [-0.05, 0) is 43.7 Å². The van der Waals surface area contributed by atoms with Crippen molar-refractivity contribution in [1.82, 2.24) is 10.2 Å². The van der Waals surface area contributed by atoms with E-state index in [9.17, 15) is 4.79 Å². The summed E-state index contributed by atoms with van der Waals surface area (Å²) in [6.45, 7) is 6.88. The van der Waals surface area contributed by atoms with Crippen molar-refractivity contribution in [3.63, 3.8) is 0 Å². The zero-order valence-electron chi connectivity index (χ0n) is 12.4. The van der Waals surface area contributed by atoms with E-state index in [1.807, 2.05) is 6.07 Å². The molecule has 4 nitrogen and oxygen atoms in total. The summed E-state index contributed by atoms with van der Waals surface area (Å²) < 4.78 is 5.46. The number of nitrogens with zero attached hydrogens (tertiary/aromatic N) is 1. The van der Waals surface area contributed by atoms with Crippen molar-refractivity contribution >= 4 is 5.91 Å². The Bertz CT molecular complexity index is 479. The van der Waals surface area contributed by atoms with Gasteiger partial charge in [-0.1, -0.05) is 6.92 Å². The van der Waals surface area contributed by atoms with E-state index in [0.717, 1.165) is 44.7 Å². The Hall–Kier alpha value is -1.29. The maximum atomic E-state index is 12.1. The number of rotatable bonds is 4. The summed E-state index contributed by atoms with van der Waals surface area (Å²) in [4.78, 5) is 14.2. The molecule has 110 valence electrons. The Balaban J connectivity index is 1.50. The quantitative estimate of drug-likeness (QED) is 0.918. The van der Waals surface area contributed by atoms with Crippen LogP contribution in [0.15, 0.2) is 16.7 Å². The summed E-state index contributed by atoms with van der Waals surface area (Å²) in [5.41, 5.74) is 1.20. The Morgan fingerprint density at radius 2 is 2.25 bits per heavy atom. The Labute approximate surface area is 120 Å². The molecule has 0 aromatic carbocycles. The van der Waals surface area contributed by atoms with Crippen molar-refractivity contribution in [2.24, 2.45) is 11.8 Å². The second kappa shape index (κ2) is 5.60. The highest BCUT2D eigenvalue weighted by Crippen LogP contribution is 2.32. The number of piperidine rings is 1. The van der Waals surface area contributed by atoms with E-state index in [1.165, 1.54) is 5.56 Å². The van der Waals surface area contributed by atoms with Gasteiger partial charge in [-0.15, -0.1) is 0 Å². The van der Waals surface area contributed by atoms with E-state index in [0.29, 0.717) is 23.8 Å². The molecule has 1 aliphatic carbocycles. The number of furan rings is 1. The molecule has 3 rings (SSSR count). The molecule has 4 heteroatoms. The summed E-state index contributed by atoms with van der Waals surface area (Å²) in [7, 11) is 0. The predicted molar refractivity (Wildman–Crippen MR) is 77.2 cm³/mol. The molecule has 2 fully saturated rings. The van der Waals surface area contributed by atoms with Crippen LogP contribution in [0.4, 0.5) is 0 Å². The molecule has 0 radical (unpaired) electrons. The number of hydrogen-bond donors (Lipinski definition) is 1. The van der Waals surface area contributed by atoms with E-state index in [2.05, 4.69) is 24.1 Å². The second-order valence-corrected chi connectivity index (χ2v) is 6.34. The topological polar surface area (TPSA) is 45.5 Å². The van der Waals surface area contributed by atoms with Crippen molar-refractivity contribution in [3.05, 3.63) is 23.7 Å². The fourth-order valence-electron chi connectivity index (χ4n) is 3.05. The lowest BCUT2D eigenvalue weighted by molar-refractivity contribution is -0.134. The van der Waals surface area contributed by atoms with Gasteiger partial charge in [0, 0.05) is 25.0 Å². The number of nitrogens with one attached hydrogen (secondary N) is 1. The molecule has 2 heterocycles. The van der Waals surface area contributed by atoms with Crippen LogP contribution in [-0.4, -0.2) is 29.9 Å². The van der Waals surface area contributed by atoms with Crippen molar-refractivity contribution in [1.29, 1.82) is 0 Å². The highest BCUT2D eigenvalue weighted by atomic mass is 16.3. The zero-order valence-corrected chi connectivity index (χ0v) is 12.4. The first-order chi connectivity index (χ1) is 9.65. The van der Waals surface area contributed by atoms with Crippen molar-refractivity contribution in [2.45, 2.75) is 45.7 Å². The molecule has 0 unspecified atom stereocenters. The third-order valence-corrected chi connectivity index (χ3v) is 4.64. The van der Waals surface area contributed by atoms with E-state index < -0.39 is 0 Å². The van der Waals surface area contributed by atoms with Gasteiger partial charge in [0.05, 0.1) is 12.8 Å². The van der Waals surface area contributed by atoms with Crippen molar-refractivity contribution in [2.75, 3.05) is 13.1 Å². The molecule has 0 bridgehead atoms. The highest BCUT2D eigenvalue weighted by molar-refractivity contribution is 5.81. The average Bonchev–Trinajstić information content (AvgIpc) is 3.20. The molecular formula is C16H24N2O2. The van der Waals surface area contributed by atoms with E-state index in [4.69, 9.17) is 4.42 Å². The van der Waals surface area contributed by atoms with E-state index in [-0.39, 0.29) is 0 Å². The van der Waals surface area contributed by atoms with Gasteiger partial charge in [0.1, 0.15) is 5.76 Å². The van der Waals surface area contributed by atoms with Gasteiger partial charge < -0.3 is 14.6 Å². The maximum absolute atomic E-state index is 12.1. The van der Waals surface area contributed by atoms with Gasteiger partial charge in [0.15, 0.2) is 0 Å². The number of hydrogen-bond acceptors (Lipinski definition) is 3. The van der Waals surface area contributed by atoms with Crippen LogP contribution >= 0.6 is 0 Å². The molecule has 1 amide bonds. The van der Waals surface area contributed by atoms with Gasteiger partial charge in [-0.2, -0.15) is 0 Å². The number of likely N-dealkylation sites (tertiary alicyclic amines) is 1. The number of amides is 1. The molecule has 1 N–H and O–H groups in total. The van der Waals surface area contributed by atoms with Crippen LogP contribution < -0.4 is 5.32 Å². The third-order valence-electron chi connectivity index (χ3n) is 4.64. The van der Waals surface area contributed by atoms with Crippen LogP contribution in [0.5, 0.6) is 0 Å². The average molecular weight is 276 g/mol. The Morgan fingerprint density at radius 1 is 1.45 bits per heavy atom. The minimum absolute atomic E-state index is 0.345. The summed E-state index contributed by atoms with van der Waals surface area (Å²) >= 11 is 0. The summed E-state index contributed by atoms with van der Waals surface area (Å²) in [6, 6.07) is 2.47. The summed E-state index contributed by atoms with van der Waals surface area (Å²) in [6.07, 6.45) is 4.98. The highest BCUT2D eigenvalue weighted by Gasteiger charge is 2.36. The van der Waals surface area contributed by atoms with Crippen LogP contribution in [0.25, 0.3) is 0 Å². The van der Waals surface area contributed by atoms with Crippen LogP contribution in [0.2, 0.25) is 0 Å². The van der Waals surface area contributed by atoms with E-state index in [1.54, 1.807) is 6.26 Å². The second-order valence-electron chi connectivity index (χ2n) is 6.34. The van der Waals surface area contributed by atoms with Crippen LogP contribution in [0.1, 0.15) is 37.5 Å². The normalized spacial score (nSPS) is 26.8. The number of carbonyl (C=O) groups excluding carboxylic acids is 1. The predicted octanol–water partition coefficient (Wildman–Crippen LogP) is 2.32.